The molecule has 0 bridgehead atoms. The number of nitrogens with one attached hydrogen (secondary N) is 2. The number of likely N-dealkylation sites (N-methyl/N-ethyl adjacent to an activating group) is 1. The molecule has 1 aliphatic carbocycles. The third-order valence-electron chi connectivity index (χ3n) is 7.72. The maximum Gasteiger partial charge on any atom is 0.226 e. The summed E-state index contributed by atoms with van der Waals surface area (Å²) in [5, 5.41) is 6.06. The third-order valence-corrected chi connectivity index (χ3v) is 7.89. The number of piperidine rings is 1. The van der Waals surface area contributed by atoms with E-state index in [0.29, 0.717) is 6.04 Å². The minimum atomic E-state index is 0.289. The minimum absolute atomic E-state index is 0.289. The van der Waals surface area contributed by atoms with E-state index in [1.54, 1.807) is 0 Å². The van der Waals surface area contributed by atoms with E-state index in [1.165, 1.54) is 69.1 Å². The molecule has 2 aromatic rings. The predicted octanol–water partition coefficient (Wildman–Crippen LogP) is 3.07. The van der Waals surface area contributed by atoms with E-state index >= 15 is 0 Å². The number of hydrogen-bond acceptors (Lipinski definition) is 6. The van der Waals surface area contributed by atoms with Crippen LogP contribution in [0, 0.1) is 5.92 Å². The Labute approximate surface area is 189 Å². The number of piperazine rings is 1. The first kappa shape index (κ1) is 21.4. The standard InChI is InChI=1S/C22H36ClN8/c1-31(14-9-24-10-15-31)13-8-17-6-11-29(12-7-17)28-20-19-21(27-22(23)26-20)30(16-25-19)18-4-2-3-5-18/h16-18,24H,2-15H2,1H3,(H,26,27,28)/q+1. The number of aromatic nitrogens is 4. The van der Waals surface area contributed by atoms with Crippen molar-refractivity contribution in [1.82, 2.24) is 29.8 Å². The van der Waals surface area contributed by atoms with Crippen LogP contribution in [0.15, 0.2) is 6.33 Å². The van der Waals surface area contributed by atoms with Gasteiger partial charge in [-0.2, -0.15) is 9.97 Å². The molecule has 3 fully saturated rings. The Morgan fingerprint density at radius 2 is 1.87 bits per heavy atom. The molecule has 2 aliphatic heterocycles. The van der Waals surface area contributed by atoms with Gasteiger partial charge in [0.15, 0.2) is 17.0 Å². The lowest BCUT2D eigenvalue weighted by Crippen LogP contribution is -2.56. The number of nitrogens with zero attached hydrogens (tertiary/aromatic N) is 6. The second-order valence-electron chi connectivity index (χ2n) is 9.97. The molecule has 0 radical (unpaired) electrons. The van der Waals surface area contributed by atoms with E-state index < -0.39 is 0 Å². The highest BCUT2D eigenvalue weighted by atomic mass is 35.5. The maximum atomic E-state index is 6.30. The van der Waals surface area contributed by atoms with Crippen LogP contribution in [-0.2, 0) is 0 Å². The van der Waals surface area contributed by atoms with E-state index in [-0.39, 0.29) is 5.28 Å². The highest BCUT2D eigenvalue weighted by molar-refractivity contribution is 6.28. The van der Waals surface area contributed by atoms with Crippen LogP contribution < -0.4 is 10.7 Å². The van der Waals surface area contributed by atoms with E-state index in [0.717, 1.165) is 49.1 Å². The van der Waals surface area contributed by atoms with E-state index in [1.807, 2.05) is 6.33 Å². The van der Waals surface area contributed by atoms with Crippen LogP contribution in [0.4, 0.5) is 5.82 Å². The largest absolute Gasteiger partial charge is 0.324 e. The molecule has 1 saturated carbocycles. The molecule has 31 heavy (non-hydrogen) atoms. The third kappa shape index (κ3) is 4.82. The van der Waals surface area contributed by atoms with Crippen LogP contribution in [0.2, 0.25) is 5.28 Å². The molecule has 170 valence electrons. The van der Waals surface area contributed by atoms with Crippen molar-refractivity contribution in [3.63, 3.8) is 0 Å². The molecule has 2 saturated heterocycles. The van der Waals surface area contributed by atoms with Gasteiger partial charge < -0.3 is 19.8 Å². The van der Waals surface area contributed by atoms with Crippen LogP contribution in [-0.4, -0.2) is 81.9 Å². The van der Waals surface area contributed by atoms with Gasteiger partial charge in [-0.05, 0) is 49.6 Å². The number of halogens is 1. The first-order chi connectivity index (χ1) is 15.1. The van der Waals surface area contributed by atoms with Gasteiger partial charge in [-0.25, -0.2) is 9.99 Å². The highest BCUT2D eigenvalue weighted by Gasteiger charge is 2.28. The minimum Gasteiger partial charge on any atom is -0.324 e. The molecule has 3 aliphatic rings. The monoisotopic (exact) mass is 447 g/mol. The lowest BCUT2D eigenvalue weighted by Gasteiger charge is -2.40. The fourth-order valence-corrected chi connectivity index (χ4v) is 5.72. The van der Waals surface area contributed by atoms with Gasteiger partial charge in [-0.15, -0.1) is 0 Å². The van der Waals surface area contributed by atoms with Crippen molar-refractivity contribution >= 4 is 28.6 Å². The first-order valence-corrected chi connectivity index (χ1v) is 12.4. The van der Waals surface area contributed by atoms with Crippen LogP contribution in [0.25, 0.3) is 11.2 Å². The topological polar surface area (TPSA) is 70.9 Å². The normalized spacial score (nSPS) is 23.5. The number of fused-ring (bicyclic) bond motifs is 1. The van der Waals surface area contributed by atoms with E-state index in [4.69, 9.17) is 11.6 Å². The Kier molecular flexibility index (Phi) is 6.32. The van der Waals surface area contributed by atoms with Crippen molar-refractivity contribution < 1.29 is 4.48 Å². The fraction of sp³-hybridized carbons (Fsp3) is 0.773. The van der Waals surface area contributed by atoms with Gasteiger partial charge in [0, 0.05) is 32.2 Å². The van der Waals surface area contributed by atoms with Crippen molar-refractivity contribution in [1.29, 1.82) is 0 Å². The molecule has 0 unspecified atom stereocenters. The van der Waals surface area contributed by atoms with Crippen molar-refractivity contribution in [2.24, 2.45) is 5.92 Å². The van der Waals surface area contributed by atoms with Gasteiger partial charge in [0.25, 0.3) is 0 Å². The molecule has 0 atom stereocenters. The molecule has 0 aromatic carbocycles. The summed E-state index contributed by atoms with van der Waals surface area (Å²) in [7, 11) is 2.42. The average molecular weight is 448 g/mol. The summed E-state index contributed by atoms with van der Waals surface area (Å²) in [5.41, 5.74) is 5.20. The van der Waals surface area contributed by atoms with Crippen LogP contribution >= 0.6 is 11.6 Å². The SMILES string of the molecule is C[N+]1(CCC2CCN(Nc3nc(Cl)nc4c3ncn4C3CCCC3)CC2)CCNCC1. The lowest BCUT2D eigenvalue weighted by atomic mass is 9.93. The van der Waals surface area contributed by atoms with Crippen LogP contribution in [0.1, 0.15) is 51.0 Å². The number of imidazole rings is 1. The molecule has 2 N–H and O–H groups in total. The molecule has 4 heterocycles. The zero-order chi connectivity index (χ0) is 21.3. The summed E-state index contributed by atoms with van der Waals surface area (Å²) >= 11 is 6.30. The average Bonchev–Trinajstić information content (AvgIpc) is 3.43. The van der Waals surface area contributed by atoms with E-state index in [9.17, 15) is 0 Å². The first-order valence-electron chi connectivity index (χ1n) is 12.1. The van der Waals surface area contributed by atoms with Crippen molar-refractivity contribution in [3.05, 3.63) is 11.6 Å². The summed E-state index contributed by atoms with van der Waals surface area (Å²) in [6.45, 7) is 8.21. The van der Waals surface area contributed by atoms with Gasteiger partial charge in [0.2, 0.25) is 5.28 Å². The lowest BCUT2D eigenvalue weighted by molar-refractivity contribution is -0.911. The molecule has 5 rings (SSSR count). The molecule has 9 heteroatoms. The summed E-state index contributed by atoms with van der Waals surface area (Å²) in [4.78, 5) is 13.6. The Balaban J connectivity index is 1.19. The van der Waals surface area contributed by atoms with Gasteiger partial charge in [0.05, 0.1) is 33.0 Å². The van der Waals surface area contributed by atoms with Crippen LogP contribution in [0.5, 0.6) is 0 Å². The molecular weight excluding hydrogens is 412 g/mol. The summed E-state index contributed by atoms with van der Waals surface area (Å²) in [6, 6.07) is 0.486. The fourth-order valence-electron chi connectivity index (χ4n) is 5.55. The number of rotatable bonds is 6. The molecule has 8 nitrogen and oxygen atoms in total. The van der Waals surface area contributed by atoms with E-state index in [2.05, 4.69) is 42.3 Å². The maximum absolute atomic E-state index is 6.30. The van der Waals surface area contributed by atoms with Gasteiger partial charge in [0.1, 0.15) is 0 Å². The van der Waals surface area contributed by atoms with Gasteiger partial charge in [-0.1, -0.05) is 12.8 Å². The highest BCUT2D eigenvalue weighted by Crippen LogP contribution is 2.33. The second kappa shape index (κ2) is 9.17. The number of hydrazine groups is 1. The molecule has 0 spiro atoms. The zero-order valence-corrected chi connectivity index (χ0v) is 19.4. The smallest absolute Gasteiger partial charge is 0.226 e. The number of quaternary nitrogens is 1. The number of anilines is 1. The molecule has 0 amide bonds. The Bertz CT molecular complexity index is 879. The summed E-state index contributed by atoms with van der Waals surface area (Å²) in [6.07, 6.45) is 10.6. The molecular formula is C22H36ClN8+. The second-order valence-corrected chi connectivity index (χ2v) is 10.3. The van der Waals surface area contributed by atoms with Crippen molar-refractivity contribution in [2.75, 3.05) is 58.3 Å². The van der Waals surface area contributed by atoms with Crippen LogP contribution in [0.3, 0.4) is 0 Å². The summed E-state index contributed by atoms with van der Waals surface area (Å²) in [5.74, 6) is 1.56. The molecule has 2 aromatic heterocycles. The Hall–Kier alpha value is -1.48. The number of hydrogen-bond donors (Lipinski definition) is 2. The van der Waals surface area contributed by atoms with Gasteiger partial charge in [-0.3, -0.25) is 0 Å². The Morgan fingerprint density at radius 1 is 1.13 bits per heavy atom. The quantitative estimate of drug-likeness (QED) is 0.523. The van der Waals surface area contributed by atoms with Crippen molar-refractivity contribution in [2.45, 2.75) is 51.0 Å². The predicted molar refractivity (Wildman–Crippen MR) is 124 cm³/mol. The Morgan fingerprint density at radius 3 is 2.61 bits per heavy atom. The van der Waals surface area contributed by atoms with Gasteiger partial charge >= 0.3 is 0 Å². The zero-order valence-electron chi connectivity index (χ0n) is 18.7. The summed E-state index contributed by atoms with van der Waals surface area (Å²) < 4.78 is 3.43. The van der Waals surface area contributed by atoms with Crippen molar-refractivity contribution in [3.8, 4) is 0 Å².